The van der Waals surface area contributed by atoms with Crippen molar-refractivity contribution in [2.45, 2.75) is 32.2 Å². The van der Waals surface area contributed by atoms with Gasteiger partial charge in [0.05, 0.1) is 18.7 Å². The van der Waals surface area contributed by atoms with E-state index in [0.29, 0.717) is 26.1 Å². The molecule has 4 rings (SSSR count). The van der Waals surface area contributed by atoms with Crippen LogP contribution in [-0.2, 0) is 22.6 Å². The van der Waals surface area contributed by atoms with Crippen molar-refractivity contribution in [1.82, 2.24) is 25.0 Å². The molecule has 0 aliphatic carbocycles. The first-order valence-corrected chi connectivity index (χ1v) is 9.99. The zero-order valence-corrected chi connectivity index (χ0v) is 16.5. The zero-order chi connectivity index (χ0) is 20.2. The second-order valence-corrected chi connectivity index (χ2v) is 7.45. The Balaban J connectivity index is 1.48. The Kier molecular flexibility index (Phi) is 5.55. The van der Waals surface area contributed by atoms with Crippen LogP contribution in [0.4, 0.5) is 0 Å². The van der Waals surface area contributed by atoms with Gasteiger partial charge in [0.25, 0.3) is 0 Å². The number of amides is 2. The highest BCUT2D eigenvalue weighted by atomic mass is 16.2. The predicted molar refractivity (Wildman–Crippen MR) is 110 cm³/mol. The summed E-state index contributed by atoms with van der Waals surface area (Å²) in [5.74, 6) is 0.299. The van der Waals surface area contributed by atoms with E-state index in [1.54, 1.807) is 6.20 Å². The molecule has 1 aliphatic rings. The summed E-state index contributed by atoms with van der Waals surface area (Å²) in [5, 5.41) is 8.64. The molecule has 1 aliphatic heterocycles. The van der Waals surface area contributed by atoms with E-state index in [9.17, 15) is 9.59 Å². The maximum atomic E-state index is 12.7. The van der Waals surface area contributed by atoms with Gasteiger partial charge in [-0.25, -0.2) is 9.67 Å². The summed E-state index contributed by atoms with van der Waals surface area (Å²) in [6.45, 7) is 4.00. The number of aromatic nitrogens is 3. The van der Waals surface area contributed by atoms with Crippen LogP contribution >= 0.6 is 0 Å². The molecular formula is C22H25N5O2. The van der Waals surface area contributed by atoms with Crippen LogP contribution in [-0.4, -0.2) is 51.1 Å². The Labute approximate surface area is 169 Å². The van der Waals surface area contributed by atoms with Gasteiger partial charge in [-0.05, 0) is 24.1 Å². The first-order valence-electron chi connectivity index (χ1n) is 9.99. The molecule has 0 unspecified atom stereocenters. The summed E-state index contributed by atoms with van der Waals surface area (Å²) < 4.78 is 1.86. The van der Waals surface area contributed by atoms with Crippen molar-refractivity contribution in [2.75, 3.05) is 19.6 Å². The van der Waals surface area contributed by atoms with E-state index >= 15 is 0 Å². The minimum Gasteiger partial charge on any atom is -0.354 e. The van der Waals surface area contributed by atoms with E-state index in [4.69, 9.17) is 5.10 Å². The molecule has 0 saturated carbocycles. The van der Waals surface area contributed by atoms with Crippen molar-refractivity contribution in [3.8, 4) is 0 Å². The fourth-order valence-corrected chi connectivity index (χ4v) is 3.92. The monoisotopic (exact) mass is 391 g/mol. The summed E-state index contributed by atoms with van der Waals surface area (Å²) >= 11 is 0. The van der Waals surface area contributed by atoms with Crippen LogP contribution < -0.4 is 5.32 Å². The normalized spacial score (nSPS) is 16.3. The molecule has 1 saturated heterocycles. The van der Waals surface area contributed by atoms with Crippen molar-refractivity contribution >= 4 is 22.8 Å². The highest BCUT2D eigenvalue weighted by Crippen LogP contribution is 2.31. The van der Waals surface area contributed by atoms with E-state index in [2.05, 4.69) is 10.3 Å². The van der Waals surface area contributed by atoms with Gasteiger partial charge in [-0.15, -0.1) is 0 Å². The number of carbonyl (C=O) groups is 2. The molecule has 1 atom stereocenters. The largest absolute Gasteiger partial charge is 0.354 e. The fraction of sp³-hybridized carbons (Fsp3) is 0.364. The van der Waals surface area contributed by atoms with E-state index in [-0.39, 0.29) is 17.7 Å². The summed E-state index contributed by atoms with van der Waals surface area (Å²) in [4.78, 5) is 30.3. The average Bonchev–Trinajstić information content (AvgIpc) is 3.34. The molecule has 1 aromatic carbocycles. The minimum absolute atomic E-state index is 0.0574. The molecule has 1 fully saturated rings. The lowest BCUT2D eigenvalue weighted by atomic mass is 10.0. The van der Waals surface area contributed by atoms with Crippen molar-refractivity contribution in [3.05, 3.63) is 59.9 Å². The number of rotatable bonds is 6. The molecule has 0 radical (unpaired) electrons. The van der Waals surface area contributed by atoms with Crippen LogP contribution in [0.25, 0.3) is 11.0 Å². The minimum atomic E-state index is -0.0574. The van der Waals surface area contributed by atoms with Crippen LogP contribution in [0.15, 0.2) is 48.7 Å². The van der Waals surface area contributed by atoms with E-state index in [1.165, 1.54) is 6.92 Å². The van der Waals surface area contributed by atoms with Crippen LogP contribution in [0, 0.1) is 0 Å². The van der Waals surface area contributed by atoms with Gasteiger partial charge < -0.3 is 10.2 Å². The molecule has 150 valence electrons. The number of nitrogens with one attached hydrogen (secondary N) is 1. The zero-order valence-electron chi connectivity index (χ0n) is 16.5. The first kappa shape index (κ1) is 19.1. The Hall–Kier alpha value is -3.22. The van der Waals surface area contributed by atoms with E-state index in [1.807, 2.05) is 52.0 Å². The fourth-order valence-electron chi connectivity index (χ4n) is 3.92. The molecule has 3 heterocycles. The summed E-state index contributed by atoms with van der Waals surface area (Å²) in [7, 11) is 0. The van der Waals surface area contributed by atoms with Crippen molar-refractivity contribution in [2.24, 2.45) is 0 Å². The number of carbonyl (C=O) groups excluding carboxylic acids is 2. The lowest BCUT2D eigenvalue weighted by Crippen LogP contribution is -2.30. The van der Waals surface area contributed by atoms with Crippen LogP contribution in [0.1, 0.15) is 30.5 Å². The number of hydrogen-bond acceptors (Lipinski definition) is 4. The molecule has 2 amide bonds. The van der Waals surface area contributed by atoms with Gasteiger partial charge in [0, 0.05) is 44.1 Å². The molecular weight excluding hydrogens is 366 g/mol. The Bertz CT molecular complexity index is 1010. The van der Waals surface area contributed by atoms with Crippen molar-refractivity contribution in [1.29, 1.82) is 0 Å². The first-order chi connectivity index (χ1) is 14.1. The molecule has 29 heavy (non-hydrogen) atoms. The van der Waals surface area contributed by atoms with Gasteiger partial charge in [0.1, 0.15) is 0 Å². The lowest BCUT2D eigenvalue weighted by molar-refractivity contribution is -0.129. The van der Waals surface area contributed by atoms with Gasteiger partial charge in [0.2, 0.25) is 11.8 Å². The van der Waals surface area contributed by atoms with Crippen molar-refractivity contribution in [3.63, 3.8) is 0 Å². The average molecular weight is 391 g/mol. The highest BCUT2D eigenvalue weighted by Gasteiger charge is 2.30. The smallest absolute Gasteiger partial charge is 0.227 e. The molecule has 2 aromatic heterocycles. The molecule has 7 nitrogen and oxygen atoms in total. The summed E-state index contributed by atoms with van der Waals surface area (Å²) in [6.07, 6.45) is 3.08. The van der Waals surface area contributed by atoms with Crippen LogP contribution in [0.2, 0.25) is 0 Å². The van der Waals surface area contributed by atoms with E-state index in [0.717, 1.165) is 35.3 Å². The molecule has 0 bridgehead atoms. The van der Waals surface area contributed by atoms with E-state index < -0.39 is 0 Å². The number of benzene rings is 1. The number of hydrogen-bond donors (Lipinski definition) is 1. The van der Waals surface area contributed by atoms with Gasteiger partial charge in [0.15, 0.2) is 5.65 Å². The lowest BCUT2D eigenvalue weighted by Gasteiger charge is -2.16. The van der Waals surface area contributed by atoms with Gasteiger partial charge in [-0.1, -0.05) is 30.3 Å². The highest BCUT2D eigenvalue weighted by molar-refractivity contribution is 5.81. The number of pyridine rings is 1. The van der Waals surface area contributed by atoms with Gasteiger partial charge in [-0.3, -0.25) is 9.59 Å². The topological polar surface area (TPSA) is 80.1 Å². The van der Waals surface area contributed by atoms with Crippen LogP contribution in [0.5, 0.6) is 0 Å². The second kappa shape index (κ2) is 8.43. The van der Waals surface area contributed by atoms with Crippen LogP contribution in [0.3, 0.4) is 0 Å². The standard InChI is InChI=1S/C22H25N5O2/c1-16(28)23-11-13-27-22-19(8-5-10-24-22)21(25-27)18-9-12-26(15-18)20(29)14-17-6-3-2-4-7-17/h2-8,10,18H,9,11-15H2,1H3,(H,23,28)/t18-/m0/s1. The number of fused-ring (bicyclic) bond motifs is 1. The Morgan fingerprint density at radius 1 is 1.17 bits per heavy atom. The molecule has 1 N–H and O–H groups in total. The Morgan fingerprint density at radius 3 is 2.79 bits per heavy atom. The molecule has 7 heteroatoms. The number of likely N-dealkylation sites (tertiary alicyclic amines) is 1. The van der Waals surface area contributed by atoms with Gasteiger partial charge in [-0.2, -0.15) is 5.10 Å². The molecule has 3 aromatic rings. The third kappa shape index (κ3) is 4.29. The maximum Gasteiger partial charge on any atom is 0.227 e. The SMILES string of the molecule is CC(=O)NCCn1nc([C@H]2CCN(C(=O)Cc3ccccc3)C2)c2cccnc21. The third-order valence-corrected chi connectivity index (χ3v) is 5.36. The van der Waals surface area contributed by atoms with Crippen molar-refractivity contribution < 1.29 is 9.59 Å². The summed E-state index contributed by atoms with van der Waals surface area (Å²) in [5.41, 5.74) is 2.85. The second-order valence-electron chi connectivity index (χ2n) is 7.45. The van der Waals surface area contributed by atoms with Gasteiger partial charge >= 0.3 is 0 Å². The Morgan fingerprint density at radius 2 is 2.00 bits per heavy atom. The maximum absolute atomic E-state index is 12.7. The third-order valence-electron chi connectivity index (χ3n) is 5.36. The molecule has 0 spiro atoms. The predicted octanol–water partition coefficient (Wildman–Crippen LogP) is 2.13. The summed E-state index contributed by atoms with van der Waals surface area (Å²) in [6, 6.07) is 13.8. The quantitative estimate of drug-likeness (QED) is 0.698. The number of nitrogens with zero attached hydrogens (tertiary/aromatic N) is 4.